The summed E-state index contributed by atoms with van der Waals surface area (Å²) < 4.78 is 11.1. The molecule has 1 aromatic heterocycles. The molecule has 4 aromatic rings. The molecule has 0 aliphatic heterocycles. The van der Waals surface area contributed by atoms with E-state index in [-0.39, 0.29) is 12.5 Å². The molecule has 3 aromatic carbocycles. The third kappa shape index (κ3) is 4.38. The van der Waals surface area contributed by atoms with E-state index < -0.39 is 6.10 Å². The van der Waals surface area contributed by atoms with Crippen molar-refractivity contribution >= 4 is 28.3 Å². The van der Waals surface area contributed by atoms with E-state index in [1.54, 1.807) is 31.2 Å². The smallest absolute Gasteiger partial charge is 0.261 e. The van der Waals surface area contributed by atoms with E-state index in [4.69, 9.17) is 20.9 Å². The predicted molar refractivity (Wildman–Crippen MR) is 111 cm³/mol. The molecule has 1 N–H and O–H groups in total. The van der Waals surface area contributed by atoms with E-state index in [2.05, 4.69) is 15.5 Å². The maximum atomic E-state index is 12.4. The number of hydrogen-bond acceptors (Lipinski definition) is 5. The van der Waals surface area contributed by atoms with Crippen LogP contribution in [-0.4, -0.2) is 22.2 Å². The third-order valence-corrected chi connectivity index (χ3v) is 4.66. The zero-order chi connectivity index (χ0) is 20.2. The van der Waals surface area contributed by atoms with Gasteiger partial charge in [-0.1, -0.05) is 53.2 Å². The van der Waals surface area contributed by atoms with Gasteiger partial charge in [0.15, 0.2) is 6.10 Å². The Hall–Kier alpha value is -3.38. The Kier molecular flexibility index (Phi) is 5.44. The van der Waals surface area contributed by atoms with E-state index in [1.165, 1.54) is 0 Å². The molecule has 1 heterocycles. The lowest BCUT2D eigenvalue weighted by atomic mass is 10.1. The molecule has 1 atom stereocenters. The molecule has 146 valence electrons. The molecule has 0 fully saturated rings. The van der Waals surface area contributed by atoms with E-state index in [0.29, 0.717) is 22.5 Å². The first-order valence-corrected chi connectivity index (χ1v) is 9.48. The van der Waals surface area contributed by atoms with Crippen molar-refractivity contribution in [2.45, 2.75) is 19.6 Å². The predicted octanol–water partition coefficient (Wildman–Crippen LogP) is 4.63. The molecular formula is C22H18ClN3O3. The van der Waals surface area contributed by atoms with Gasteiger partial charge in [0.2, 0.25) is 11.7 Å². The van der Waals surface area contributed by atoms with Crippen LogP contribution in [0.2, 0.25) is 5.02 Å². The number of aromatic nitrogens is 2. The van der Waals surface area contributed by atoms with Crippen LogP contribution in [0.1, 0.15) is 12.8 Å². The van der Waals surface area contributed by atoms with E-state index in [1.807, 2.05) is 42.5 Å². The Bertz CT molecular complexity index is 1140. The summed E-state index contributed by atoms with van der Waals surface area (Å²) in [5, 5.41) is 9.33. The van der Waals surface area contributed by atoms with Gasteiger partial charge in [-0.3, -0.25) is 4.79 Å². The van der Waals surface area contributed by atoms with Gasteiger partial charge >= 0.3 is 0 Å². The van der Waals surface area contributed by atoms with Crippen LogP contribution in [0.5, 0.6) is 5.75 Å². The van der Waals surface area contributed by atoms with Gasteiger partial charge in [0, 0.05) is 16.0 Å². The number of nitrogens with zero attached hydrogens (tertiary/aromatic N) is 2. The second-order valence-electron chi connectivity index (χ2n) is 6.47. The average molecular weight is 408 g/mol. The lowest BCUT2D eigenvalue weighted by Crippen LogP contribution is -2.36. The number of hydrogen-bond donors (Lipinski definition) is 1. The monoisotopic (exact) mass is 407 g/mol. The lowest BCUT2D eigenvalue weighted by Gasteiger charge is -2.15. The minimum atomic E-state index is -0.681. The van der Waals surface area contributed by atoms with Gasteiger partial charge in [0.1, 0.15) is 5.75 Å². The highest BCUT2D eigenvalue weighted by Crippen LogP contribution is 2.26. The molecule has 1 unspecified atom stereocenters. The number of fused-ring (bicyclic) bond motifs is 1. The molecule has 0 saturated heterocycles. The summed E-state index contributed by atoms with van der Waals surface area (Å²) in [7, 11) is 0. The van der Waals surface area contributed by atoms with Crippen molar-refractivity contribution in [3.05, 3.63) is 77.6 Å². The molecular weight excluding hydrogens is 390 g/mol. The molecule has 0 radical (unpaired) electrons. The second kappa shape index (κ2) is 8.32. The van der Waals surface area contributed by atoms with Crippen molar-refractivity contribution in [2.75, 3.05) is 0 Å². The van der Waals surface area contributed by atoms with Crippen LogP contribution in [0.25, 0.3) is 22.2 Å². The molecule has 1 amide bonds. The normalized spacial score (nSPS) is 11.9. The first-order valence-electron chi connectivity index (χ1n) is 9.11. The van der Waals surface area contributed by atoms with Crippen LogP contribution in [0, 0.1) is 0 Å². The quantitative estimate of drug-likeness (QED) is 0.504. The van der Waals surface area contributed by atoms with Gasteiger partial charge in [-0.2, -0.15) is 4.98 Å². The van der Waals surface area contributed by atoms with Gasteiger partial charge in [-0.25, -0.2) is 0 Å². The van der Waals surface area contributed by atoms with E-state index in [0.717, 1.165) is 16.3 Å². The van der Waals surface area contributed by atoms with Crippen LogP contribution in [0.15, 0.2) is 71.3 Å². The Morgan fingerprint density at radius 1 is 1.10 bits per heavy atom. The molecule has 4 rings (SSSR count). The number of halogens is 1. The highest BCUT2D eigenvalue weighted by molar-refractivity contribution is 6.30. The number of nitrogens with one attached hydrogen (secondary N) is 1. The topological polar surface area (TPSA) is 77.2 Å². The fourth-order valence-electron chi connectivity index (χ4n) is 2.89. The molecule has 29 heavy (non-hydrogen) atoms. The minimum Gasteiger partial charge on any atom is -0.480 e. The summed E-state index contributed by atoms with van der Waals surface area (Å²) in [5.74, 6) is 1.13. The summed E-state index contributed by atoms with van der Waals surface area (Å²) in [6.45, 7) is 1.81. The van der Waals surface area contributed by atoms with Crippen LogP contribution >= 0.6 is 11.6 Å². The van der Waals surface area contributed by atoms with Crippen LogP contribution in [0.4, 0.5) is 0 Å². The Morgan fingerprint density at radius 2 is 1.86 bits per heavy atom. The average Bonchev–Trinajstić information content (AvgIpc) is 3.22. The van der Waals surface area contributed by atoms with Crippen molar-refractivity contribution in [2.24, 2.45) is 0 Å². The van der Waals surface area contributed by atoms with Crippen molar-refractivity contribution in [3.63, 3.8) is 0 Å². The lowest BCUT2D eigenvalue weighted by molar-refractivity contribution is -0.127. The Morgan fingerprint density at radius 3 is 2.69 bits per heavy atom. The molecule has 0 aliphatic carbocycles. The number of ether oxygens (including phenoxy) is 1. The summed E-state index contributed by atoms with van der Waals surface area (Å²) in [6.07, 6.45) is -0.681. The van der Waals surface area contributed by atoms with Crippen LogP contribution < -0.4 is 10.1 Å². The highest BCUT2D eigenvalue weighted by atomic mass is 35.5. The van der Waals surface area contributed by atoms with Crippen LogP contribution in [0.3, 0.4) is 0 Å². The van der Waals surface area contributed by atoms with Crippen molar-refractivity contribution in [3.8, 4) is 17.1 Å². The fourth-order valence-corrected chi connectivity index (χ4v) is 3.02. The molecule has 0 bridgehead atoms. The zero-order valence-corrected chi connectivity index (χ0v) is 16.4. The van der Waals surface area contributed by atoms with Gasteiger partial charge < -0.3 is 14.6 Å². The van der Waals surface area contributed by atoms with Crippen molar-refractivity contribution in [1.82, 2.24) is 15.5 Å². The van der Waals surface area contributed by atoms with Crippen molar-refractivity contribution in [1.29, 1.82) is 0 Å². The fraction of sp³-hybridized carbons (Fsp3) is 0.136. The maximum Gasteiger partial charge on any atom is 0.261 e. The Balaban J connectivity index is 1.37. The Labute approximate surface area is 172 Å². The highest BCUT2D eigenvalue weighted by Gasteiger charge is 2.17. The number of carbonyl (C=O) groups excluding carboxylic acids is 1. The summed E-state index contributed by atoms with van der Waals surface area (Å²) in [6, 6.07) is 20.7. The summed E-state index contributed by atoms with van der Waals surface area (Å²) in [4.78, 5) is 16.7. The summed E-state index contributed by atoms with van der Waals surface area (Å²) in [5.41, 5.74) is 0.781. The van der Waals surface area contributed by atoms with E-state index >= 15 is 0 Å². The van der Waals surface area contributed by atoms with Gasteiger partial charge in [-0.15, -0.1) is 0 Å². The SMILES string of the molecule is CC(Oc1cccc2ccccc12)C(=O)NCc1nc(-c2ccc(Cl)cc2)no1. The molecule has 0 aliphatic rings. The minimum absolute atomic E-state index is 0.114. The first kappa shape index (κ1) is 19.0. The number of carbonyl (C=O) groups is 1. The van der Waals surface area contributed by atoms with Crippen molar-refractivity contribution < 1.29 is 14.1 Å². The third-order valence-electron chi connectivity index (χ3n) is 4.41. The van der Waals surface area contributed by atoms with Gasteiger partial charge in [0.25, 0.3) is 5.91 Å². The molecule has 6 nitrogen and oxygen atoms in total. The number of rotatable bonds is 6. The number of benzene rings is 3. The van der Waals surface area contributed by atoms with E-state index in [9.17, 15) is 4.79 Å². The van der Waals surface area contributed by atoms with Crippen LogP contribution in [-0.2, 0) is 11.3 Å². The molecule has 7 heteroatoms. The zero-order valence-electron chi connectivity index (χ0n) is 15.6. The van der Waals surface area contributed by atoms with Gasteiger partial charge in [0.05, 0.1) is 6.54 Å². The standard InChI is InChI=1S/C22H18ClN3O3/c1-14(28-19-8-4-6-15-5-2-3-7-18(15)19)22(27)24-13-20-25-21(26-29-20)16-9-11-17(23)12-10-16/h2-12,14H,13H2,1H3,(H,24,27). The first-order chi connectivity index (χ1) is 14.1. The molecule has 0 saturated carbocycles. The maximum absolute atomic E-state index is 12.4. The number of amides is 1. The summed E-state index contributed by atoms with van der Waals surface area (Å²) >= 11 is 5.89. The largest absolute Gasteiger partial charge is 0.480 e. The molecule has 0 spiro atoms. The van der Waals surface area contributed by atoms with Gasteiger partial charge in [-0.05, 0) is 42.6 Å². The second-order valence-corrected chi connectivity index (χ2v) is 6.91.